The van der Waals surface area contributed by atoms with Crippen molar-refractivity contribution in [1.29, 1.82) is 0 Å². The number of carbonyl (C=O) groups excluding carboxylic acids is 2. The maximum atomic E-state index is 12.6. The minimum absolute atomic E-state index is 0.130. The summed E-state index contributed by atoms with van der Waals surface area (Å²) in [6, 6.07) is 6.33. The summed E-state index contributed by atoms with van der Waals surface area (Å²) in [5.41, 5.74) is 1.61. The number of amides is 1. The van der Waals surface area contributed by atoms with Crippen LogP contribution in [-0.4, -0.2) is 30.6 Å². The summed E-state index contributed by atoms with van der Waals surface area (Å²) >= 11 is 0. The SMILES string of the molecule is CCC(=O)OC1(C(=O)NCCCc2ccc3c(c2)CCO3)CCCC1. The smallest absolute Gasteiger partial charge is 0.306 e. The third-order valence-electron chi connectivity index (χ3n) is 5.10. The second kappa shape index (κ2) is 7.89. The van der Waals surface area contributed by atoms with Gasteiger partial charge >= 0.3 is 5.97 Å². The van der Waals surface area contributed by atoms with E-state index >= 15 is 0 Å². The van der Waals surface area contributed by atoms with Crippen LogP contribution in [0.3, 0.4) is 0 Å². The molecule has 1 N–H and O–H groups in total. The summed E-state index contributed by atoms with van der Waals surface area (Å²) < 4.78 is 11.0. The van der Waals surface area contributed by atoms with Crippen molar-refractivity contribution in [2.24, 2.45) is 0 Å². The number of nitrogens with one attached hydrogen (secondary N) is 1. The lowest BCUT2D eigenvalue weighted by atomic mass is 10.0. The van der Waals surface area contributed by atoms with Gasteiger partial charge in [0.2, 0.25) is 0 Å². The fourth-order valence-corrected chi connectivity index (χ4v) is 3.66. The van der Waals surface area contributed by atoms with Crippen molar-refractivity contribution in [2.45, 2.75) is 63.9 Å². The Hall–Kier alpha value is -2.04. The molecule has 2 aliphatic rings. The summed E-state index contributed by atoms with van der Waals surface area (Å²) in [6.07, 6.45) is 6.19. The van der Waals surface area contributed by atoms with E-state index in [1.54, 1.807) is 6.92 Å². The Balaban J connectivity index is 1.47. The van der Waals surface area contributed by atoms with Crippen molar-refractivity contribution in [3.05, 3.63) is 29.3 Å². The van der Waals surface area contributed by atoms with Gasteiger partial charge in [0, 0.05) is 19.4 Å². The molecule has 0 saturated heterocycles. The van der Waals surface area contributed by atoms with E-state index in [0.29, 0.717) is 25.8 Å². The summed E-state index contributed by atoms with van der Waals surface area (Å²) in [5.74, 6) is 0.574. The molecule has 0 atom stereocenters. The fourth-order valence-electron chi connectivity index (χ4n) is 3.66. The molecule has 3 rings (SSSR count). The number of aryl methyl sites for hydroxylation is 1. The summed E-state index contributed by atoms with van der Waals surface area (Å²) in [4.78, 5) is 24.3. The minimum atomic E-state index is -0.933. The number of hydrogen-bond acceptors (Lipinski definition) is 4. The zero-order valence-electron chi connectivity index (χ0n) is 14.9. The molecule has 0 radical (unpaired) electrons. The predicted octanol–water partition coefficient (Wildman–Crippen LogP) is 2.94. The standard InChI is InChI=1S/C20H27NO4/c1-2-18(22)25-20(10-3-4-11-20)19(23)21-12-5-6-15-7-8-17-16(14-15)9-13-24-17/h7-8,14H,2-6,9-13H2,1H3,(H,21,23). The van der Waals surface area contributed by atoms with E-state index in [-0.39, 0.29) is 11.9 Å². The number of fused-ring (bicyclic) bond motifs is 1. The van der Waals surface area contributed by atoms with Crippen molar-refractivity contribution < 1.29 is 19.1 Å². The van der Waals surface area contributed by atoms with Crippen molar-refractivity contribution in [3.63, 3.8) is 0 Å². The van der Waals surface area contributed by atoms with Crippen molar-refractivity contribution in [2.75, 3.05) is 13.2 Å². The molecule has 136 valence electrons. The van der Waals surface area contributed by atoms with E-state index in [4.69, 9.17) is 9.47 Å². The number of rotatable bonds is 7. The van der Waals surface area contributed by atoms with Gasteiger partial charge in [0.05, 0.1) is 6.61 Å². The molecule has 1 amide bonds. The number of ether oxygens (including phenoxy) is 2. The average molecular weight is 345 g/mol. The van der Waals surface area contributed by atoms with Crippen LogP contribution in [0.4, 0.5) is 0 Å². The molecule has 0 bridgehead atoms. The topological polar surface area (TPSA) is 64.6 Å². The Bertz CT molecular complexity index is 635. The van der Waals surface area contributed by atoms with Crippen molar-refractivity contribution in [3.8, 4) is 5.75 Å². The van der Waals surface area contributed by atoms with E-state index in [0.717, 1.165) is 44.5 Å². The third kappa shape index (κ3) is 4.14. The van der Waals surface area contributed by atoms with Crippen LogP contribution in [0.25, 0.3) is 0 Å². The van der Waals surface area contributed by atoms with Crippen molar-refractivity contribution >= 4 is 11.9 Å². The molecule has 5 heteroatoms. The second-order valence-corrected chi connectivity index (χ2v) is 6.93. The van der Waals surface area contributed by atoms with Crippen LogP contribution in [-0.2, 0) is 27.2 Å². The molecule has 1 aliphatic heterocycles. The number of benzene rings is 1. The predicted molar refractivity (Wildman–Crippen MR) is 94.6 cm³/mol. The molecular weight excluding hydrogens is 318 g/mol. The quantitative estimate of drug-likeness (QED) is 0.609. The van der Waals surface area contributed by atoms with Crippen LogP contribution in [0.2, 0.25) is 0 Å². The van der Waals surface area contributed by atoms with Crippen LogP contribution in [0.1, 0.15) is 56.6 Å². The summed E-state index contributed by atoms with van der Waals surface area (Å²) in [5, 5.41) is 2.98. The number of esters is 1. The largest absolute Gasteiger partial charge is 0.493 e. The highest BCUT2D eigenvalue weighted by atomic mass is 16.6. The third-order valence-corrected chi connectivity index (χ3v) is 5.10. The first-order valence-corrected chi connectivity index (χ1v) is 9.38. The van der Waals surface area contributed by atoms with Gasteiger partial charge in [-0.1, -0.05) is 19.1 Å². The molecule has 5 nitrogen and oxygen atoms in total. The lowest BCUT2D eigenvalue weighted by Crippen LogP contribution is -2.48. The van der Waals surface area contributed by atoms with Crippen LogP contribution < -0.4 is 10.1 Å². The van der Waals surface area contributed by atoms with E-state index in [2.05, 4.69) is 17.4 Å². The maximum Gasteiger partial charge on any atom is 0.306 e. The summed E-state index contributed by atoms with van der Waals surface area (Å²) in [7, 11) is 0. The molecule has 0 unspecified atom stereocenters. The first-order valence-electron chi connectivity index (χ1n) is 9.38. The van der Waals surface area contributed by atoms with Gasteiger partial charge in [-0.15, -0.1) is 0 Å². The van der Waals surface area contributed by atoms with Gasteiger partial charge in [-0.25, -0.2) is 0 Å². The molecule has 0 aromatic heterocycles. The van der Waals surface area contributed by atoms with Gasteiger partial charge in [-0.2, -0.15) is 0 Å². The highest BCUT2D eigenvalue weighted by Gasteiger charge is 2.44. The van der Waals surface area contributed by atoms with Gasteiger partial charge in [0.1, 0.15) is 5.75 Å². The first kappa shape index (κ1) is 17.8. The molecular formula is C20H27NO4. The number of hydrogen-bond donors (Lipinski definition) is 1. The monoisotopic (exact) mass is 345 g/mol. The summed E-state index contributed by atoms with van der Waals surface area (Å²) in [6.45, 7) is 3.12. The Morgan fingerprint density at radius 1 is 1.28 bits per heavy atom. The Morgan fingerprint density at radius 2 is 2.08 bits per heavy atom. The van der Waals surface area contributed by atoms with E-state index in [1.807, 2.05) is 6.07 Å². The molecule has 1 aromatic rings. The fraction of sp³-hybridized carbons (Fsp3) is 0.600. The second-order valence-electron chi connectivity index (χ2n) is 6.93. The van der Waals surface area contributed by atoms with E-state index in [1.165, 1.54) is 11.1 Å². The van der Waals surface area contributed by atoms with Crippen LogP contribution >= 0.6 is 0 Å². The Kier molecular flexibility index (Phi) is 5.61. The normalized spacial score (nSPS) is 17.6. The Labute approximate surface area is 149 Å². The average Bonchev–Trinajstić information content (AvgIpc) is 3.27. The van der Waals surface area contributed by atoms with Gasteiger partial charge < -0.3 is 14.8 Å². The molecule has 1 aliphatic carbocycles. The highest BCUT2D eigenvalue weighted by Crippen LogP contribution is 2.34. The first-order chi connectivity index (χ1) is 12.1. The molecule has 1 aromatic carbocycles. The van der Waals surface area contributed by atoms with Crippen LogP contribution in [0.15, 0.2) is 18.2 Å². The van der Waals surface area contributed by atoms with Gasteiger partial charge in [-0.3, -0.25) is 9.59 Å². The zero-order valence-corrected chi connectivity index (χ0v) is 14.9. The Morgan fingerprint density at radius 3 is 2.84 bits per heavy atom. The molecule has 1 saturated carbocycles. The zero-order chi connectivity index (χ0) is 17.7. The molecule has 0 spiro atoms. The van der Waals surface area contributed by atoms with Gasteiger partial charge in [0.25, 0.3) is 5.91 Å². The van der Waals surface area contributed by atoms with Crippen molar-refractivity contribution in [1.82, 2.24) is 5.32 Å². The lowest BCUT2D eigenvalue weighted by molar-refractivity contribution is -0.168. The van der Waals surface area contributed by atoms with E-state index < -0.39 is 5.60 Å². The van der Waals surface area contributed by atoms with E-state index in [9.17, 15) is 9.59 Å². The molecule has 1 fully saturated rings. The minimum Gasteiger partial charge on any atom is -0.493 e. The lowest BCUT2D eigenvalue weighted by Gasteiger charge is -2.27. The number of carbonyl (C=O) groups is 2. The maximum absolute atomic E-state index is 12.6. The van der Waals surface area contributed by atoms with Crippen LogP contribution in [0.5, 0.6) is 5.75 Å². The highest BCUT2D eigenvalue weighted by molar-refractivity contribution is 5.88. The van der Waals surface area contributed by atoms with Gasteiger partial charge in [0.15, 0.2) is 5.60 Å². The molecule has 1 heterocycles. The van der Waals surface area contributed by atoms with Gasteiger partial charge in [-0.05, 0) is 55.7 Å². The van der Waals surface area contributed by atoms with Crippen LogP contribution in [0, 0.1) is 0 Å². The molecule has 25 heavy (non-hydrogen) atoms.